The molecule has 0 saturated heterocycles. The summed E-state index contributed by atoms with van der Waals surface area (Å²) < 4.78 is 2.10. The van der Waals surface area contributed by atoms with E-state index in [1.165, 1.54) is 0 Å². The fraction of sp³-hybridized carbons (Fsp3) is 0.462. The van der Waals surface area contributed by atoms with E-state index in [9.17, 15) is 5.11 Å². The van der Waals surface area contributed by atoms with Crippen molar-refractivity contribution in [3.05, 3.63) is 30.1 Å². The Balaban J connectivity index is 2.25. The highest BCUT2D eigenvalue weighted by molar-refractivity contribution is 5.76. The maximum atomic E-state index is 10.0. The standard InChI is InChI=1S/C13H19N3O/c1-3-16-9-15-11-8-10(4-5-12(11)16)13(17)6-7-14-2/h4-5,8-9,13-14,17H,3,6-7H2,1-2H3. The molecule has 0 aliphatic carbocycles. The zero-order chi connectivity index (χ0) is 12.3. The first-order chi connectivity index (χ1) is 8.26. The molecule has 1 atom stereocenters. The van der Waals surface area contributed by atoms with Crippen molar-refractivity contribution >= 4 is 11.0 Å². The van der Waals surface area contributed by atoms with Crippen molar-refractivity contribution in [3.8, 4) is 0 Å². The molecule has 0 aliphatic rings. The highest BCUT2D eigenvalue weighted by Gasteiger charge is 2.09. The Morgan fingerprint density at radius 3 is 3.00 bits per heavy atom. The summed E-state index contributed by atoms with van der Waals surface area (Å²) in [5.74, 6) is 0. The molecule has 0 bridgehead atoms. The van der Waals surface area contributed by atoms with Crippen molar-refractivity contribution in [1.29, 1.82) is 0 Å². The molecule has 2 rings (SSSR count). The van der Waals surface area contributed by atoms with E-state index in [-0.39, 0.29) is 0 Å². The van der Waals surface area contributed by atoms with Gasteiger partial charge in [-0.25, -0.2) is 4.98 Å². The third-order valence-corrected chi connectivity index (χ3v) is 3.04. The Morgan fingerprint density at radius 2 is 2.29 bits per heavy atom. The zero-order valence-corrected chi connectivity index (χ0v) is 10.3. The van der Waals surface area contributed by atoms with Crippen molar-refractivity contribution < 1.29 is 5.11 Å². The molecule has 1 aromatic heterocycles. The molecule has 0 spiro atoms. The number of hydrogen-bond donors (Lipinski definition) is 2. The van der Waals surface area contributed by atoms with E-state index in [1.54, 1.807) is 0 Å². The minimum absolute atomic E-state index is 0.418. The monoisotopic (exact) mass is 233 g/mol. The Hall–Kier alpha value is -1.39. The van der Waals surface area contributed by atoms with Gasteiger partial charge >= 0.3 is 0 Å². The molecule has 0 fully saturated rings. The fourth-order valence-electron chi connectivity index (χ4n) is 1.99. The van der Waals surface area contributed by atoms with Gasteiger partial charge < -0.3 is 15.0 Å². The molecule has 0 saturated carbocycles. The van der Waals surface area contributed by atoms with Crippen LogP contribution in [-0.2, 0) is 6.54 Å². The number of hydrogen-bond acceptors (Lipinski definition) is 3. The van der Waals surface area contributed by atoms with Crippen LogP contribution in [0.2, 0.25) is 0 Å². The number of benzene rings is 1. The molecule has 4 heteroatoms. The SMILES string of the molecule is CCn1cnc2cc(C(O)CCNC)ccc21. The van der Waals surface area contributed by atoms with E-state index in [1.807, 2.05) is 31.6 Å². The lowest BCUT2D eigenvalue weighted by Gasteiger charge is -2.10. The largest absolute Gasteiger partial charge is 0.388 e. The van der Waals surface area contributed by atoms with Gasteiger partial charge in [-0.15, -0.1) is 0 Å². The average Bonchev–Trinajstić information content (AvgIpc) is 2.77. The highest BCUT2D eigenvalue weighted by atomic mass is 16.3. The average molecular weight is 233 g/mol. The first-order valence-electron chi connectivity index (χ1n) is 6.03. The molecule has 1 unspecified atom stereocenters. The van der Waals surface area contributed by atoms with Gasteiger partial charge in [0.15, 0.2) is 0 Å². The first-order valence-corrected chi connectivity index (χ1v) is 6.03. The van der Waals surface area contributed by atoms with E-state index in [2.05, 4.69) is 21.8 Å². The van der Waals surface area contributed by atoms with Crippen LogP contribution in [0.3, 0.4) is 0 Å². The van der Waals surface area contributed by atoms with Crippen molar-refractivity contribution in [1.82, 2.24) is 14.9 Å². The predicted molar refractivity (Wildman–Crippen MR) is 68.9 cm³/mol. The lowest BCUT2D eigenvalue weighted by molar-refractivity contribution is 0.168. The summed E-state index contributed by atoms with van der Waals surface area (Å²) in [5.41, 5.74) is 3.01. The van der Waals surface area contributed by atoms with E-state index < -0.39 is 6.10 Å². The van der Waals surface area contributed by atoms with E-state index >= 15 is 0 Å². The van der Waals surface area contributed by atoms with Crippen LogP contribution < -0.4 is 5.32 Å². The second-order valence-electron chi connectivity index (χ2n) is 4.19. The minimum atomic E-state index is -0.418. The van der Waals surface area contributed by atoms with Crippen LogP contribution in [0.15, 0.2) is 24.5 Å². The second-order valence-corrected chi connectivity index (χ2v) is 4.19. The quantitative estimate of drug-likeness (QED) is 0.826. The summed E-state index contributed by atoms with van der Waals surface area (Å²) in [6, 6.07) is 5.99. The Bertz CT molecular complexity index is 492. The van der Waals surface area contributed by atoms with Gasteiger partial charge in [-0.2, -0.15) is 0 Å². The maximum absolute atomic E-state index is 10.0. The van der Waals surface area contributed by atoms with Crippen molar-refractivity contribution in [2.24, 2.45) is 0 Å². The molecule has 92 valence electrons. The van der Waals surface area contributed by atoms with Crippen LogP contribution in [0.5, 0.6) is 0 Å². The number of aliphatic hydroxyl groups is 1. The van der Waals surface area contributed by atoms with Gasteiger partial charge in [-0.3, -0.25) is 0 Å². The third kappa shape index (κ3) is 2.48. The Labute approximate surface area is 101 Å². The normalized spacial score (nSPS) is 13.1. The van der Waals surface area contributed by atoms with Crippen molar-refractivity contribution in [3.63, 3.8) is 0 Å². The molecule has 0 amide bonds. The van der Waals surface area contributed by atoms with E-state index in [0.29, 0.717) is 0 Å². The summed E-state index contributed by atoms with van der Waals surface area (Å²) in [7, 11) is 1.89. The van der Waals surface area contributed by atoms with Crippen LogP contribution in [0, 0.1) is 0 Å². The highest BCUT2D eigenvalue weighted by Crippen LogP contribution is 2.21. The molecule has 1 aromatic carbocycles. The van der Waals surface area contributed by atoms with Crippen molar-refractivity contribution in [2.75, 3.05) is 13.6 Å². The number of nitrogens with zero attached hydrogens (tertiary/aromatic N) is 2. The first kappa shape index (κ1) is 12.1. The smallest absolute Gasteiger partial charge is 0.0958 e. The molecule has 0 aliphatic heterocycles. The van der Waals surface area contributed by atoms with Gasteiger partial charge in [-0.05, 0) is 44.6 Å². The summed E-state index contributed by atoms with van der Waals surface area (Å²) in [6.07, 6.45) is 2.14. The van der Waals surface area contributed by atoms with Gasteiger partial charge in [0, 0.05) is 6.54 Å². The summed E-state index contributed by atoms with van der Waals surface area (Å²) in [5, 5.41) is 13.0. The number of rotatable bonds is 5. The van der Waals surface area contributed by atoms with Gasteiger partial charge in [0.2, 0.25) is 0 Å². The predicted octanol–water partition coefficient (Wildman–Crippen LogP) is 1.70. The third-order valence-electron chi connectivity index (χ3n) is 3.04. The Morgan fingerprint density at radius 1 is 1.47 bits per heavy atom. The van der Waals surface area contributed by atoms with E-state index in [4.69, 9.17) is 0 Å². The number of aliphatic hydroxyl groups excluding tert-OH is 1. The van der Waals surface area contributed by atoms with Gasteiger partial charge in [-0.1, -0.05) is 6.07 Å². The van der Waals surface area contributed by atoms with Gasteiger partial charge in [0.25, 0.3) is 0 Å². The molecule has 17 heavy (non-hydrogen) atoms. The lowest BCUT2D eigenvalue weighted by atomic mass is 10.1. The second kappa shape index (κ2) is 5.29. The van der Waals surface area contributed by atoms with Crippen LogP contribution in [0.1, 0.15) is 25.0 Å². The molecule has 1 heterocycles. The number of imidazole rings is 1. The molecule has 2 N–H and O–H groups in total. The number of fused-ring (bicyclic) bond motifs is 1. The van der Waals surface area contributed by atoms with Crippen LogP contribution in [0.25, 0.3) is 11.0 Å². The lowest BCUT2D eigenvalue weighted by Crippen LogP contribution is -2.11. The van der Waals surface area contributed by atoms with E-state index in [0.717, 1.165) is 36.1 Å². The Kier molecular flexibility index (Phi) is 3.76. The van der Waals surface area contributed by atoms with Gasteiger partial charge in [0.05, 0.1) is 23.5 Å². The van der Waals surface area contributed by atoms with Crippen LogP contribution in [-0.4, -0.2) is 28.3 Å². The number of aromatic nitrogens is 2. The maximum Gasteiger partial charge on any atom is 0.0958 e. The summed E-state index contributed by atoms with van der Waals surface area (Å²) in [4.78, 5) is 4.35. The number of aryl methyl sites for hydroxylation is 1. The van der Waals surface area contributed by atoms with Crippen molar-refractivity contribution in [2.45, 2.75) is 26.0 Å². The zero-order valence-electron chi connectivity index (χ0n) is 10.3. The molecule has 2 aromatic rings. The van der Waals surface area contributed by atoms with Crippen LogP contribution in [0.4, 0.5) is 0 Å². The fourth-order valence-corrected chi connectivity index (χ4v) is 1.99. The summed E-state index contributed by atoms with van der Waals surface area (Å²) in [6.45, 7) is 3.82. The molecular weight excluding hydrogens is 214 g/mol. The number of nitrogens with one attached hydrogen (secondary N) is 1. The molecule has 0 radical (unpaired) electrons. The topological polar surface area (TPSA) is 50.1 Å². The summed E-state index contributed by atoms with van der Waals surface area (Å²) >= 11 is 0. The molecule has 4 nitrogen and oxygen atoms in total. The minimum Gasteiger partial charge on any atom is -0.388 e. The van der Waals surface area contributed by atoms with Crippen LogP contribution >= 0.6 is 0 Å². The van der Waals surface area contributed by atoms with Gasteiger partial charge in [0.1, 0.15) is 0 Å². The molecular formula is C13H19N3O.